The summed E-state index contributed by atoms with van der Waals surface area (Å²) < 4.78 is 13.3. The van der Waals surface area contributed by atoms with Crippen molar-refractivity contribution in [1.82, 2.24) is 10.2 Å². The molecule has 0 aromatic heterocycles. The molecular formula is C21H22FN3O3. The zero-order valence-corrected chi connectivity index (χ0v) is 15.7. The number of hydrogen-bond donors (Lipinski definition) is 2. The van der Waals surface area contributed by atoms with Gasteiger partial charge >= 0.3 is 6.03 Å². The summed E-state index contributed by atoms with van der Waals surface area (Å²) in [7, 11) is 0. The van der Waals surface area contributed by atoms with Crippen molar-refractivity contribution >= 4 is 23.5 Å². The number of benzene rings is 2. The molecule has 0 aliphatic carbocycles. The van der Waals surface area contributed by atoms with Crippen molar-refractivity contribution in [1.29, 1.82) is 0 Å². The summed E-state index contributed by atoms with van der Waals surface area (Å²) in [6, 6.07) is 13.8. The lowest BCUT2D eigenvalue weighted by Crippen LogP contribution is -2.45. The van der Waals surface area contributed by atoms with Crippen molar-refractivity contribution in [3.8, 4) is 0 Å². The molecule has 1 aliphatic heterocycles. The van der Waals surface area contributed by atoms with E-state index in [-0.39, 0.29) is 11.6 Å². The molecule has 0 unspecified atom stereocenters. The standard InChI is InChI=1S/C21H22FN3O3/c1-14(2)12-21(15-7-4-3-5-8-15)19(27)25(20(28)24-21)13-18(26)23-17-10-6-9-16(22)11-17/h3-11,14H,12-13H2,1-2H3,(H,23,26)(H,24,28)/t21-/m1/s1. The zero-order chi connectivity index (χ0) is 20.3. The summed E-state index contributed by atoms with van der Waals surface area (Å²) in [4.78, 5) is 39.0. The first-order valence-corrected chi connectivity index (χ1v) is 9.07. The van der Waals surface area contributed by atoms with E-state index in [1.54, 1.807) is 24.3 Å². The molecule has 4 amide bonds. The van der Waals surface area contributed by atoms with Gasteiger partial charge in [-0.1, -0.05) is 50.2 Å². The average molecular weight is 383 g/mol. The van der Waals surface area contributed by atoms with E-state index in [1.165, 1.54) is 18.2 Å². The molecule has 0 radical (unpaired) electrons. The molecule has 1 saturated heterocycles. The summed E-state index contributed by atoms with van der Waals surface area (Å²) in [6.45, 7) is 3.47. The lowest BCUT2D eigenvalue weighted by atomic mass is 9.82. The van der Waals surface area contributed by atoms with Crippen LogP contribution in [0.25, 0.3) is 0 Å². The van der Waals surface area contributed by atoms with E-state index in [1.807, 2.05) is 19.9 Å². The highest BCUT2D eigenvalue weighted by Crippen LogP contribution is 2.35. The fraction of sp³-hybridized carbons (Fsp3) is 0.286. The summed E-state index contributed by atoms with van der Waals surface area (Å²) in [5, 5.41) is 5.30. The maximum Gasteiger partial charge on any atom is 0.325 e. The van der Waals surface area contributed by atoms with Crippen LogP contribution in [0.15, 0.2) is 54.6 Å². The monoisotopic (exact) mass is 383 g/mol. The van der Waals surface area contributed by atoms with Crippen molar-refractivity contribution in [3.63, 3.8) is 0 Å². The van der Waals surface area contributed by atoms with Gasteiger partial charge in [0.15, 0.2) is 0 Å². The molecule has 1 atom stereocenters. The third-order valence-electron chi connectivity index (χ3n) is 4.57. The fourth-order valence-corrected chi connectivity index (χ4v) is 3.47. The number of carbonyl (C=O) groups excluding carboxylic acids is 3. The van der Waals surface area contributed by atoms with Gasteiger partial charge in [0.2, 0.25) is 5.91 Å². The predicted octanol–water partition coefficient (Wildman–Crippen LogP) is 3.26. The SMILES string of the molecule is CC(C)C[C@]1(c2ccccc2)NC(=O)N(CC(=O)Nc2cccc(F)c2)C1=O. The van der Waals surface area contributed by atoms with E-state index in [4.69, 9.17) is 0 Å². The molecule has 0 bridgehead atoms. The van der Waals surface area contributed by atoms with Crippen LogP contribution in [-0.4, -0.2) is 29.3 Å². The van der Waals surface area contributed by atoms with E-state index in [0.29, 0.717) is 12.0 Å². The molecule has 146 valence electrons. The molecule has 0 spiro atoms. The van der Waals surface area contributed by atoms with E-state index in [2.05, 4.69) is 10.6 Å². The van der Waals surface area contributed by atoms with Gasteiger partial charge in [-0.15, -0.1) is 0 Å². The van der Waals surface area contributed by atoms with Crippen LogP contribution in [0.1, 0.15) is 25.8 Å². The summed E-state index contributed by atoms with van der Waals surface area (Å²) in [5.41, 5.74) is -0.269. The van der Waals surface area contributed by atoms with Crippen LogP contribution >= 0.6 is 0 Å². The maximum atomic E-state index is 13.3. The fourth-order valence-electron chi connectivity index (χ4n) is 3.47. The summed E-state index contributed by atoms with van der Waals surface area (Å²) >= 11 is 0. The number of hydrogen-bond acceptors (Lipinski definition) is 3. The average Bonchev–Trinajstić information content (AvgIpc) is 2.87. The van der Waals surface area contributed by atoms with Gasteiger partial charge in [0.05, 0.1) is 0 Å². The largest absolute Gasteiger partial charge is 0.325 e. The number of nitrogens with zero attached hydrogens (tertiary/aromatic N) is 1. The van der Waals surface area contributed by atoms with Gasteiger partial charge in [-0.2, -0.15) is 0 Å². The number of amides is 4. The highest BCUT2D eigenvalue weighted by molar-refractivity contribution is 6.10. The van der Waals surface area contributed by atoms with Gasteiger partial charge in [-0.3, -0.25) is 14.5 Å². The third-order valence-corrected chi connectivity index (χ3v) is 4.57. The maximum absolute atomic E-state index is 13.3. The Hall–Kier alpha value is -3.22. The van der Waals surface area contributed by atoms with Gasteiger partial charge < -0.3 is 10.6 Å². The van der Waals surface area contributed by atoms with Gasteiger partial charge in [-0.05, 0) is 36.1 Å². The van der Waals surface area contributed by atoms with Gasteiger partial charge in [0.1, 0.15) is 17.9 Å². The quantitative estimate of drug-likeness (QED) is 0.752. The second kappa shape index (κ2) is 7.80. The van der Waals surface area contributed by atoms with Crippen LogP contribution in [-0.2, 0) is 15.1 Å². The lowest BCUT2D eigenvalue weighted by molar-refractivity contribution is -0.134. The minimum atomic E-state index is -1.20. The van der Waals surface area contributed by atoms with Crippen molar-refractivity contribution in [3.05, 3.63) is 66.0 Å². The summed E-state index contributed by atoms with van der Waals surface area (Å²) in [6.07, 6.45) is 0.406. The van der Waals surface area contributed by atoms with Crippen molar-refractivity contribution in [2.75, 3.05) is 11.9 Å². The van der Waals surface area contributed by atoms with Crippen molar-refractivity contribution < 1.29 is 18.8 Å². The Kier molecular flexibility index (Phi) is 5.44. The van der Waals surface area contributed by atoms with Crippen molar-refractivity contribution in [2.45, 2.75) is 25.8 Å². The number of anilines is 1. The second-order valence-electron chi connectivity index (χ2n) is 7.25. The van der Waals surface area contributed by atoms with E-state index >= 15 is 0 Å². The first-order chi connectivity index (χ1) is 13.3. The topological polar surface area (TPSA) is 78.5 Å². The smallest absolute Gasteiger partial charge is 0.324 e. The Morgan fingerprint density at radius 2 is 1.86 bits per heavy atom. The number of urea groups is 1. The van der Waals surface area contributed by atoms with Gasteiger partial charge in [0, 0.05) is 5.69 Å². The van der Waals surface area contributed by atoms with E-state index < -0.39 is 35.7 Å². The van der Waals surface area contributed by atoms with Crippen molar-refractivity contribution in [2.24, 2.45) is 5.92 Å². The predicted molar refractivity (Wildman–Crippen MR) is 103 cm³/mol. The molecular weight excluding hydrogens is 361 g/mol. The second-order valence-corrected chi connectivity index (χ2v) is 7.25. The first kappa shape index (κ1) is 19.5. The van der Waals surface area contributed by atoms with Gasteiger partial charge in [-0.25, -0.2) is 9.18 Å². The molecule has 28 heavy (non-hydrogen) atoms. The molecule has 2 aromatic carbocycles. The van der Waals surface area contributed by atoms with E-state index in [0.717, 1.165) is 11.0 Å². The first-order valence-electron chi connectivity index (χ1n) is 9.07. The molecule has 1 heterocycles. The van der Waals surface area contributed by atoms with Crippen LogP contribution in [0.5, 0.6) is 0 Å². The molecule has 0 saturated carbocycles. The summed E-state index contributed by atoms with van der Waals surface area (Å²) in [5.74, 6) is -1.41. The van der Waals surface area contributed by atoms with Crippen LogP contribution in [0.2, 0.25) is 0 Å². The number of carbonyl (C=O) groups is 3. The zero-order valence-electron chi connectivity index (χ0n) is 15.7. The minimum absolute atomic E-state index is 0.130. The Bertz CT molecular complexity index is 901. The number of nitrogens with one attached hydrogen (secondary N) is 2. The molecule has 1 fully saturated rings. The van der Waals surface area contributed by atoms with Crippen LogP contribution in [0, 0.1) is 11.7 Å². The van der Waals surface area contributed by atoms with Crippen LogP contribution in [0.3, 0.4) is 0 Å². The normalized spacial score (nSPS) is 19.1. The highest BCUT2D eigenvalue weighted by Gasteiger charge is 2.52. The van der Waals surface area contributed by atoms with E-state index in [9.17, 15) is 18.8 Å². The molecule has 2 aromatic rings. The Morgan fingerprint density at radius 3 is 2.50 bits per heavy atom. The Morgan fingerprint density at radius 1 is 1.14 bits per heavy atom. The minimum Gasteiger partial charge on any atom is -0.324 e. The number of halogens is 1. The highest BCUT2D eigenvalue weighted by atomic mass is 19.1. The van der Waals surface area contributed by atoms with Gasteiger partial charge in [0.25, 0.3) is 5.91 Å². The van der Waals surface area contributed by atoms with Crippen LogP contribution < -0.4 is 10.6 Å². The lowest BCUT2D eigenvalue weighted by Gasteiger charge is -2.29. The molecule has 1 aliphatic rings. The molecule has 3 rings (SSSR count). The van der Waals surface area contributed by atoms with Crippen LogP contribution in [0.4, 0.5) is 14.9 Å². The Balaban J connectivity index is 1.82. The molecule has 6 nitrogen and oxygen atoms in total. The molecule has 7 heteroatoms. The number of rotatable bonds is 6. The number of imide groups is 1. The third kappa shape index (κ3) is 3.88. The molecule has 2 N–H and O–H groups in total. The Labute approximate surface area is 162 Å².